The Morgan fingerprint density at radius 3 is 3.16 bits per heavy atom. The Morgan fingerprint density at radius 1 is 1.47 bits per heavy atom. The highest BCUT2D eigenvalue weighted by Crippen LogP contribution is 2.29. The molecule has 2 heterocycles. The van der Waals surface area contributed by atoms with Crippen LogP contribution in [0.15, 0.2) is 39.9 Å². The third-order valence-corrected chi connectivity index (χ3v) is 4.88. The van der Waals surface area contributed by atoms with Crippen LogP contribution in [0.25, 0.3) is 10.2 Å². The first-order chi connectivity index (χ1) is 9.24. The summed E-state index contributed by atoms with van der Waals surface area (Å²) in [5.74, 6) is 0.658. The number of aliphatic imine (C=N–C) groups is 1. The van der Waals surface area contributed by atoms with Gasteiger partial charge in [0.25, 0.3) is 0 Å². The summed E-state index contributed by atoms with van der Waals surface area (Å²) in [5.41, 5.74) is 8.08. The molecular formula is C13H14N4S2. The van der Waals surface area contributed by atoms with E-state index < -0.39 is 0 Å². The van der Waals surface area contributed by atoms with Gasteiger partial charge in [-0.2, -0.15) is 0 Å². The van der Waals surface area contributed by atoms with Crippen molar-refractivity contribution in [3.8, 4) is 0 Å². The number of benzene rings is 1. The fraction of sp³-hybridized carbons (Fsp3) is 0.231. The lowest BCUT2D eigenvalue weighted by atomic mass is 10.2. The van der Waals surface area contributed by atoms with Gasteiger partial charge >= 0.3 is 0 Å². The molecule has 0 spiro atoms. The van der Waals surface area contributed by atoms with Gasteiger partial charge in [0, 0.05) is 18.9 Å². The highest BCUT2D eigenvalue weighted by atomic mass is 32.2. The van der Waals surface area contributed by atoms with Crippen LogP contribution in [0, 0.1) is 0 Å². The number of thioether (sulfide) groups is 1. The van der Waals surface area contributed by atoms with Gasteiger partial charge in [0.05, 0.1) is 16.8 Å². The summed E-state index contributed by atoms with van der Waals surface area (Å²) in [6, 6.07) is 6.43. The summed E-state index contributed by atoms with van der Waals surface area (Å²) in [6.45, 7) is 1.53. The van der Waals surface area contributed by atoms with Gasteiger partial charge in [-0.1, -0.05) is 17.8 Å². The third-order valence-electron chi connectivity index (χ3n) is 2.88. The van der Waals surface area contributed by atoms with Gasteiger partial charge in [0.15, 0.2) is 4.34 Å². The molecule has 0 fully saturated rings. The van der Waals surface area contributed by atoms with E-state index in [1.54, 1.807) is 29.3 Å². The minimum atomic E-state index is 0.658. The normalized spacial score (nSPS) is 15.0. The summed E-state index contributed by atoms with van der Waals surface area (Å²) >= 11 is 3.43. The molecule has 0 saturated heterocycles. The molecular weight excluding hydrogens is 276 g/mol. The van der Waals surface area contributed by atoms with Crippen LogP contribution in [0.3, 0.4) is 0 Å². The van der Waals surface area contributed by atoms with Crippen molar-refractivity contribution in [3.05, 3.63) is 36.2 Å². The van der Waals surface area contributed by atoms with Gasteiger partial charge in [0.1, 0.15) is 5.84 Å². The van der Waals surface area contributed by atoms with E-state index in [0.717, 1.165) is 16.4 Å². The molecule has 0 amide bonds. The lowest BCUT2D eigenvalue weighted by Crippen LogP contribution is -2.31. The predicted molar refractivity (Wildman–Crippen MR) is 82.6 cm³/mol. The van der Waals surface area contributed by atoms with Crippen molar-refractivity contribution in [2.24, 2.45) is 10.7 Å². The molecule has 0 aliphatic carbocycles. The van der Waals surface area contributed by atoms with Crippen molar-refractivity contribution < 1.29 is 0 Å². The fourth-order valence-electron chi connectivity index (χ4n) is 2.00. The second kappa shape index (κ2) is 5.22. The Kier molecular flexibility index (Phi) is 3.44. The molecule has 6 heteroatoms. The van der Waals surface area contributed by atoms with Crippen molar-refractivity contribution in [1.82, 2.24) is 9.88 Å². The maximum absolute atomic E-state index is 5.74. The average Bonchev–Trinajstić information content (AvgIpc) is 2.81. The summed E-state index contributed by atoms with van der Waals surface area (Å²) in [4.78, 5) is 10.7. The van der Waals surface area contributed by atoms with E-state index in [1.807, 2.05) is 6.20 Å². The zero-order valence-corrected chi connectivity index (χ0v) is 12.2. The molecule has 1 aliphatic heterocycles. The molecule has 3 rings (SSSR count). The molecule has 0 unspecified atom stereocenters. The van der Waals surface area contributed by atoms with Gasteiger partial charge in [-0.15, -0.1) is 11.3 Å². The average molecular weight is 290 g/mol. The number of amidine groups is 1. The number of fused-ring (bicyclic) bond motifs is 1. The smallest absolute Gasteiger partial charge is 0.150 e. The Morgan fingerprint density at radius 2 is 2.37 bits per heavy atom. The molecule has 4 nitrogen and oxygen atoms in total. The molecule has 1 aromatic heterocycles. The number of nitrogens with two attached hydrogens (primary N) is 1. The maximum atomic E-state index is 5.74. The third kappa shape index (κ3) is 2.74. The van der Waals surface area contributed by atoms with Crippen LogP contribution in [0.4, 0.5) is 0 Å². The molecule has 0 saturated carbocycles. The Labute approximate surface area is 120 Å². The molecule has 0 radical (unpaired) electrons. The Hall–Kier alpha value is -1.53. The van der Waals surface area contributed by atoms with E-state index in [-0.39, 0.29) is 0 Å². The van der Waals surface area contributed by atoms with E-state index in [0.29, 0.717) is 12.4 Å². The first-order valence-corrected chi connectivity index (χ1v) is 7.95. The zero-order chi connectivity index (χ0) is 13.2. The van der Waals surface area contributed by atoms with Crippen LogP contribution < -0.4 is 5.73 Å². The summed E-state index contributed by atoms with van der Waals surface area (Å²) < 4.78 is 2.35. The van der Waals surface area contributed by atoms with Crippen LogP contribution in [-0.4, -0.2) is 28.5 Å². The first-order valence-electron chi connectivity index (χ1n) is 5.91. The largest absolute Gasteiger partial charge is 0.386 e. The molecule has 98 valence electrons. The number of rotatable bonds is 3. The van der Waals surface area contributed by atoms with Crippen LogP contribution in [0.1, 0.15) is 5.56 Å². The van der Waals surface area contributed by atoms with Gasteiger partial charge < -0.3 is 10.6 Å². The zero-order valence-electron chi connectivity index (χ0n) is 10.5. The first kappa shape index (κ1) is 12.5. The molecule has 1 aromatic carbocycles. The lowest BCUT2D eigenvalue weighted by molar-refractivity contribution is 0.414. The fourth-order valence-corrected chi connectivity index (χ4v) is 3.55. The number of nitrogens with zero attached hydrogens (tertiary/aromatic N) is 3. The van der Waals surface area contributed by atoms with Crippen molar-refractivity contribution in [3.63, 3.8) is 0 Å². The van der Waals surface area contributed by atoms with Crippen molar-refractivity contribution >= 4 is 39.2 Å². The van der Waals surface area contributed by atoms with Gasteiger partial charge in [0.2, 0.25) is 0 Å². The predicted octanol–water partition coefficient (Wildman–Crippen LogP) is 2.66. The lowest BCUT2D eigenvalue weighted by Gasteiger charge is -2.22. The second-order valence-corrected chi connectivity index (χ2v) is 6.39. The minimum absolute atomic E-state index is 0.658. The molecule has 2 aromatic rings. The quantitative estimate of drug-likeness (QED) is 0.883. The van der Waals surface area contributed by atoms with Crippen LogP contribution >= 0.6 is 23.1 Å². The van der Waals surface area contributed by atoms with Crippen LogP contribution in [0.2, 0.25) is 0 Å². The van der Waals surface area contributed by atoms with E-state index in [9.17, 15) is 0 Å². The molecule has 19 heavy (non-hydrogen) atoms. The van der Waals surface area contributed by atoms with E-state index in [2.05, 4.69) is 39.3 Å². The highest BCUT2D eigenvalue weighted by Gasteiger charge is 2.08. The number of hydrogen-bond donors (Lipinski definition) is 1. The maximum Gasteiger partial charge on any atom is 0.150 e. The van der Waals surface area contributed by atoms with E-state index in [1.165, 1.54) is 10.3 Å². The standard InChI is InChI=1S/C13H14N4S2/c1-18-13-16-10-3-2-9(6-11(10)19-13)7-17-5-4-15-12(14)8-17/h2-6H,7-8H2,1H3,(H2,14,15). The summed E-state index contributed by atoms with van der Waals surface area (Å²) in [6.07, 6.45) is 5.77. The van der Waals surface area contributed by atoms with Crippen molar-refractivity contribution in [2.75, 3.05) is 12.8 Å². The summed E-state index contributed by atoms with van der Waals surface area (Å²) in [7, 11) is 0. The van der Waals surface area contributed by atoms with Gasteiger partial charge in [-0.05, 0) is 24.0 Å². The van der Waals surface area contributed by atoms with Crippen molar-refractivity contribution in [1.29, 1.82) is 0 Å². The van der Waals surface area contributed by atoms with E-state index in [4.69, 9.17) is 5.73 Å². The molecule has 0 bridgehead atoms. The summed E-state index contributed by atoms with van der Waals surface area (Å²) in [5, 5.41) is 0. The minimum Gasteiger partial charge on any atom is -0.386 e. The van der Waals surface area contributed by atoms with Gasteiger partial charge in [-0.25, -0.2) is 9.98 Å². The Balaban J connectivity index is 1.81. The van der Waals surface area contributed by atoms with E-state index >= 15 is 0 Å². The van der Waals surface area contributed by atoms with Crippen molar-refractivity contribution in [2.45, 2.75) is 10.9 Å². The number of hydrogen-bond acceptors (Lipinski definition) is 6. The number of aromatic nitrogens is 1. The molecule has 2 N–H and O–H groups in total. The molecule has 1 aliphatic rings. The SMILES string of the molecule is CSc1nc2ccc(CN3C=CN=C(N)C3)cc2s1. The Bertz CT molecular complexity index is 660. The van der Waals surface area contributed by atoms with Gasteiger partial charge in [-0.3, -0.25) is 0 Å². The topological polar surface area (TPSA) is 54.5 Å². The number of thiazole rings is 1. The van der Waals surface area contributed by atoms with Crippen LogP contribution in [-0.2, 0) is 6.54 Å². The van der Waals surface area contributed by atoms with Crippen LogP contribution in [0.5, 0.6) is 0 Å². The second-order valence-electron chi connectivity index (χ2n) is 4.31. The molecule has 0 atom stereocenters. The monoisotopic (exact) mass is 290 g/mol. The highest BCUT2D eigenvalue weighted by molar-refractivity contribution is 8.00.